The third-order valence-electron chi connectivity index (χ3n) is 7.00. The Morgan fingerprint density at radius 2 is 1.86 bits per heavy atom. The summed E-state index contributed by atoms with van der Waals surface area (Å²) >= 11 is 3.35. The maximum absolute atomic E-state index is 13.9. The van der Waals surface area contributed by atoms with E-state index < -0.39 is 53.5 Å². The molecule has 2 aliphatic heterocycles. The molecule has 6 nitrogen and oxygen atoms in total. The molecule has 2 heterocycles. The first-order valence-corrected chi connectivity index (χ1v) is 11.8. The van der Waals surface area contributed by atoms with Crippen molar-refractivity contribution >= 4 is 33.8 Å². The molecule has 0 radical (unpaired) electrons. The van der Waals surface area contributed by atoms with Gasteiger partial charge < -0.3 is 9.64 Å². The molecule has 0 aromatic heterocycles. The fraction of sp³-hybridized carbons (Fsp3) is 0.375. The van der Waals surface area contributed by atoms with Crippen molar-refractivity contribution in [1.29, 1.82) is 0 Å². The molecule has 35 heavy (non-hydrogen) atoms. The quantitative estimate of drug-likeness (QED) is 0.528. The van der Waals surface area contributed by atoms with Crippen LogP contribution in [0.4, 0.5) is 22.4 Å². The molecular weight excluding hydrogens is 536 g/mol. The maximum Gasteiger partial charge on any atom is 0.415 e. The lowest BCUT2D eigenvalue weighted by Gasteiger charge is -2.33. The van der Waals surface area contributed by atoms with Crippen molar-refractivity contribution in [3.05, 3.63) is 69.4 Å². The number of benzene rings is 2. The zero-order valence-corrected chi connectivity index (χ0v) is 19.7. The fourth-order valence-corrected chi connectivity index (χ4v) is 5.91. The van der Waals surface area contributed by atoms with Crippen molar-refractivity contribution in [2.75, 3.05) is 0 Å². The Morgan fingerprint density at radius 3 is 2.49 bits per heavy atom. The van der Waals surface area contributed by atoms with Gasteiger partial charge in [0.2, 0.25) is 11.5 Å². The third-order valence-corrected chi connectivity index (χ3v) is 7.49. The Balaban J connectivity index is 1.48. The largest absolute Gasteiger partial charge is 0.427 e. The van der Waals surface area contributed by atoms with E-state index in [0.29, 0.717) is 21.2 Å². The molecule has 2 unspecified atom stereocenters. The number of carbonyl (C=O) groups excluding carboxylic acids is 3. The smallest absolute Gasteiger partial charge is 0.415 e. The highest BCUT2D eigenvalue weighted by atomic mass is 79.9. The predicted octanol–water partition coefficient (Wildman–Crippen LogP) is 5.22. The summed E-state index contributed by atoms with van der Waals surface area (Å²) in [5, 5.41) is 2.11. The Bertz CT molecular complexity index is 1220. The van der Waals surface area contributed by atoms with Crippen LogP contribution in [-0.2, 0) is 19.9 Å². The highest BCUT2D eigenvalue weighted by Gasteiger charge is 2.58. The van der Waals surface area contributed by atoms with E-state index in [9.17, 15) is 31.9 Å². The number of halogens is 5. The molecule has 2 saturated heterocycles. The monoisotopic (exact) mass is 554 g/mol. The summed E-state index contributed by atoms with van der Waals surface area (Å²) in [5.41, 5.74) is -0.242. The van der Waals surface area contributed by atoms with Crippen LogP contribution < -0.4 is 5.32 Å². The highest BCUT2D eigenvalue weighted by molar-refractivity contribution is 9.10. The number of carbonyl (C=O) groups is 3. The van der Waals surface area contributed by atoms with Crippen LogP contribution in [0.5, 0.6) is 0 Å². The minimum atomic E-state index is -4.64. The average Bonchev–Trinajstić information content (AvgIpc) is 3.43. The Labute approximate surface area is 205 Å². The number of rotatable bonds is 3. The van der Waals surface area contributed by atoms with Crippen LogP contribution in [0.25, 0.3) is 0 Å². The van der Waals surface area contributed by atoms with Gasteiger partial charge in [0.25, 0.3) is 5.91 Å². The minimum absolute atomic E-state index is 0.0617. The number of ether oxygens (including phenoxy) is 1. The maximum atomic E-state index is 13.9. The first-order valence-electron chi connectivity index (χ1n) is 11.0. The number of alkyl carbamates (subject to hydrolysis) is 1. The number of amides is 3. The van der Waals surface area contributed by atoms with Crippen LogP contribution in [0.2, 0.25) is 0 Å². The Hall–Kier alpha value is -2.95. The van der Waals surface area contributed by atoms with Crippen LogP contribution in [0.1, 0.15) is 54.3 Å². The van der Waals surface area contributed by atoms with Gasteiger partial charge in [0.05, 0.1) is 6.04 Å². The third kappa shape index (κ3) is 3.99. The number of hydrogen-bond acceptors (Lipinski definition) is 4. The van der Waals surface area contributed by atoms with Gasteiger partial charge in [0, 0.05) is 22.9 Å². The molecule has 2 fully saturated rings. The lowest BCUT2D eigenvalue weighted by molar-refractivity contribution is -0.186. The fourth-order valence-electron chi connectivity index (χ4n) is 5.53. The van der Waals surface area contributed by atoms with Crippen LogP contribution >= 0.6 is 15.9 Å². The zero-order valence-electron chi connectivity index (χ0n) is 18.1. The summed E-state index contributed by atoms with van der Waals surface area (Å²) in [4.78, 5) is 38.8. The topological polar surface area (TPSA) is 75.7 Å². The molecule has 2 aromatic carbocycles. The normalized spacial score (nSPS) is 27.8. The molecule has 3 aliphatic rings. The van der Waals surface area contributed by atoms with Crippen LogP contribution in [-0.4, -0.2) is 35.0 Å². The van der Waals surface area contributed by atoms with Gasteiger partial charge in [-0.3, -0.25) is 14.9 Å². The van der Waals surface area contributed by atoms with Crippen molar-refractivity contribution < 1.29 is 36.7 Å². The number of hydrogen-bond donors (Lipinski definition) is 1. The number of imide groups is 1. The van der Waals surface area contributed by atoms with E-state index in [1.807, 2.05) is 0 Å². The molecule has 0 saturated carbocycles. The van der Waals surface area contributed by atoms with Gasteiger partial charge in [-0.2, -0.15) is 13.2 Å². The van der Waals surface area contributed by atoms with Gasteiger partial charge in [-0.15, -0.1) is 0 Å². The Kier molecular flexibility index (Phi) is 5.65. The van der Waals surface area contributed by atoms with Crippen molar-refractivity contribution in [1.82, 2.24) is 10.2 Å². The van der Waals surface area contributed by atoms with Gasteiger partial charge in [0.15, 0.2) is 0 Å². The van der Waals surface area contributed by atoms with Crippen LogP contribution in [0, 0.1) is 5.82 Å². The summed E-state index contributed by atoms with van der Waals surface area (Å²) in [6.07, 6.45) is -6.12. The number of likely N-dealkylation sites (tertiary alicyclic amines) is 1. The van der Waals surface area contributed by atoms with E-state index in [1.165, 1.54) is 12.1 Å². The summed E-state index contributed by atoms with van der Waals surface area (Å²) in [6.45, 7) is 0. The number of alkyl halides is 3. The Morgan fingerprint density at radius 1 is 1.14 bits per heavy atom. The molecule has 0 bridgehead atoms. The van der Waals surface area contributed by atoms with Gasteiger partial charge in [-0.1, -0.05) is 34.1 Å². The molecule has 11 heteroatoms. The number of nitrogens with one attached hydrogen (secondary N) is 1. The van der Waals surface area contributed by atoms with E-state index in [1.54, 1.807) is 18.2 Å². The molecule has 3 amide bonds. The van der Waals surface area contributed by atoms with Gasteiger partial charge in [-0.25, -0.2) is 9.18 Å². The number of fused-ring (bicyclic) bond motifs is 2. The van der Waals surface area contributed by atoms with E-state index in [0.717, 1.165) is 17.0 Å². The molecule has 1 N–H and O–H groups in total. The second kappa shape index (κ2) is 8.32. The second-order valence-electron chi connectivity index (χ2n) is 9.01. The van der Waals surface area contributed by atoms with Crippen molar-refractivity contribution in [2.24, 2.45) is 0 Å². The van der Waals surface area contributed by atoms with E-state index in [4.69, 9.17) is 4.74 Å². The van der Waals surface area contributed by atoms with Crippen LogP contribution in [0.3, 0.4) is 0 Å². The minimum Gasteiger partial charge on any atom is -0.427 e. The van der Waals surface area contributed by atoms with Gasteiger partial charge in [-0.05, 0) is 54.2 Å². The molecule has 184 valence electrons. The number of nitrogens with zero attached hydrogens (tertiary/aromatic N) is 1. The van der Waals surface area contributed by atoms with Crippen molar-refractivity contribution in [3.63, 3.8) is 0 Å². The first kappa shape index (κ1) is 23.8. The summed E-state index contributed by atoms with van der Waals surface area (Å²) in [6, 6.07) is 7.20. The van der Waals surface area contributed by atoms with Gasteiger partial charge in [0.1, 0.15) is 11.9 Å². The molecule has 1 aliphatic carbocycles. The molecule has 1 spiro atoms. The second-order valence-corrected chi connectivity index (χ2v) is 9.93. The van der Waals surface area contributed by atoms with Crippen LogP contribution in [0.15, 0.2) is 46.9 Å². The predicted molar refractivity (Wildman–Crippen MR) is 117 cm³/mol. The van der Waals surface area contributed by atoms with E-state index in [-0.39, 0.29) is 25.7 Å². The lowest BCUT2D eigenvalue weighted by Crippen LogP contribution is -2.46. The lowest BCUT2D eigenvalue weighted by atomic mass is 9.93. The van der Waals surface area contributed by atoms with Crippen molar-refractivity contribution in [2.45, 2.75) is 55.5 Å². The SMILES string of the molecule is O=C1NC(=O)C2(CC(CC(=O)N3[C@H](c4ccc(F)cc4)CC[C@@H]3C(F)(F)F)c3cc(Br)ccc32)O1. The molecular formula is C24H19BrF4N2O4. The van der Waals surface area contributed by atoms with Gasteiger partial charge >= 0.3 is 12.3 Å². The molecule has 2 aromatic rings. The summed E-state index contributed by atoms with van der Waals surface area (Å²) < 4.78 is 61.1. The first-order chi connectivity index (χ1) is 16.5. The molecule has 4 atom stereocenters. The average molecular weight is 555 g/mol. The summed E-state index contributed by atoms with van der Waals surface area (Å²) in [5.74, 6) is -2.59. The summed E-state index contributed by atoms with van der Waals surface area (Å²) in [7, 11) is 0. The van der Waals surface area contributed by atoms with E-state index in [2.05, 4.69) is 21.2 Å². The van der Waals surface area contributed by atoms with Crippen molar-refractivity contribution in [3.8, 4) is 0 Å². The van der Waals surface area contributed by atoms with E-state index >= 15 is 0 Å². The zero-order chi connectivity index (χ0) is 25.1. The molecule has 5 rings (SSSR count). The highest BCUT2D eigenvalue weighted by Crippen LogP contribution is 2.52. The standard InChI is InChI=1S/C24H19BrF4N2O4/c25-14-3-6-17-16(10-14)13(11-23(17)21(33)30-22(34)35-23)9-20(32)31-18(7-8-19(31)24(27,28)29)12-1-4-15(26)5-2-12/h1-6,10,13,18-19H,7-9,11H2,(H,30,33,34)/t13?,18-,19+,23?/m0/s1.